The number of hydrogen-bond acceptors (Lipinski definition) is 7. The molecule has 0 saturated carbocycles. The van der Waals surface area contributed by atoms with E-state index in [0.717, 1.165) is 0 Å². The maximum Gasteiger partial charge on any atom is 0.299 e. The number of methoxy groups -OCH3 is 2. The second-order valence-electron chi connectivity index (χ2n) is 8.89. The molecule has 0 bridgehead atoms. The third kappa shape index (κ3) is 6.31. The van der Waals surface area contributed by atoms with E-state index < -0.39 is 5.56 Å². The number of benzene rings is 3. The van der Waals surface area contributed by atoms with Crippen LogP contribution in [0.3, 0.4) is 0 Å². The standard InChI is InChI=1S/C29H30N4O5/c1-19(2)17-30-28(34)20-7-5-8-21(15-20)32-27-26(38-25-10-6-9-24(16-25)37-4)18-31-33(29(27)35)22-11-13-23(36-3)14-12-22/h5-16,18-19,32H,17H2,1-4H3,(H,30,34). The van der Waals surface area contributed by atoms with E-state index >= 15 is 0 Å². The number of ether oxygens (including phenoxy) is 3. The summed E-state index contributed by atoms with van der Waals surface area (Å²) in [6.07, 6.45) is 1.46. The van der Waals surface area contributed by atoms with Gasteiger partial charge in [-0.2, -0.15) is 9.78 Å². The molecule has 0 radical (unpaired) electrons. The summed E-state index contributed by atoms with van der Waals surface area (Å²) in [5.74, 6) is 2.08. The van der Waals surface area contributed by atoms with E-state index in [2.05, 4.69) is 15.7 Å². The second-order valence-corrected chi connectivity index (χ2v) is 8.89. The average molecular weight is 515 g/mol. The van der Waals surface area contributed by atoms with Crippen molar-refractivity contribution in [1.82, 2.24) is 15.1 Å². The number of nitrogens with one attached hydrogen (secondary N) is 2. The predicted octanol–water partition coefficient (Wildman–Crippen LogP) is 5.17. The molecule has 1 amide bonds. The molecule has 9 heteroatoms. The normalized spacial score (nSPS) is 10.7. The zero-order valence-electron chi connectivity index (χ0n) is 21.7. The summed E-state index contributed by atoms with van der Waals surface area (Å²) in [5, 5.41) is 10.4. The van der Waals surface area contributed by atoms with Gasteiger partial charge in [0, 0.05) is 23.9 Å². The lowest BCUT2D eigenvalue weighted by Gasteiger charge is -2.15. The summed E-state index contributed by atoms with van der Waals surface area (Å²) in [6, 6.07) is 20.9. The third-order valence-electron chi connectivity index (χ3n) is 5.59. The molecule has 0 aliphatic heterocycles. The van der Waals surface area contributed by atoms with Crippen molar-refractivity contribution in [2.24, 2.45) is 5.92 Å². The summed E-state index contributed by atoms with van der Waals surface area (Å²) in [4.78, 5) is 26.3. The van der Waals surface area contributed by atoms with Crippen LogP contribution in [0, 0.1) is 5.92 Å². The average Bonchev–Trinajstić information content (AvgIpc) is 2.94. The van der Waals surface area contributed by atoms with Crippen LogP contribution in [0.1, 0.15) is 24.2 Å². The van der Waals surface area contributed by atoms with Crippen LogP contribution in [0.5, 0.6) is 23.0 Å². The first-order valence-electron chi connectivity index (χ1n) is 12.1. The fourth-order valence-electron chi connectivity index (χ4n) is 3.61. The molecule has 0 fully saturated rings. The Hall–Kier alpha value is -4.79. The summed E-state index contributed by atoms with van der Waals surface area (Å²) in [5.41, 5.74) is 1.27. The number of anilines is 2. The van der Waals surface area contributed by atoms with Crippen LogP contribution < -0.4 is 30.4 Å². The first-order chi connectivity index (χ1) is 18.4. The van der Waals surface area contributed by atoms with Gasteiger partial charge in [-0.1, -0.05) is 26.0 Å². The van der Waals surface area contributed by atoms with Gasteiger partial charge in [0.05, 0.1) is 26.1 Å². The zero-order valence-corrected chi connectivity index (χ0v) is 21.7. The van der Waals surface area contributed by atoms with Gasteiger partial charge in [-0.3, -0.25) is 9.59 Å². The Bertz CT molecular complexity index is 1460. The summed E-state index contributed by atoms with van der Waals surface area (Å²) < 4.78 is 17.8. The third-order valence-corrected chi connectivity index (χ3v) is 5.59. The van der Waals surface area contributed by atoms with Gasteiger partial charge in [0.2, 0.25) is 0 Å². The summed E-state index contributed by atoms with van der Waals surface area (Å²) in [7, 11) is 3.14. The van der Waals surface area contributed by atoms with E-state index in [1.54, 1.807) is 87.0 Å². The van der Waals surface area contributed by atoms with Gasteiger partial charge in [0.15, 0.2) is 11.4 Å². The molecule has 3 aromatic carbocycles. The largest absolute Gasteiger partial charge is 0.497 e. The van der Waals surface area contributed by atoms with Crippen molar-refractivity contribution in [2.45, 2.75) is 13.8 Å². The summed E-state index contributed by atoms with van der Waals surface area (Å²) in [6.45, 7) is 4.62. The monoisotopic (exact) mass is 514 g/mol. The molecule has 196 valence electrons. The molecule has 4 rings (SSSR count). The Labute approximate surface area is 221 Å². The molecular weight excluding hydrogens is 484 g/mol. The van der Waals surface area contributed by atoms with Gasteiger partial charge < -0.3 is 24.8 Å². The molecule has 38 heavy (non-hydrogen) atoms. The Morgan fingerprint density at radius 3 is 2.34 bits per heavy atom. The first kappa shape index (κ1) is 26.3. The van der Waals surface area contributed by atoms with Crippen LogP contribution in [0.4, 0.5) is 11.4 Å². The molecule has 9 nitrogen and oxygen atoms in total. The lowest BCUT2D eigenvalue weighted by atomic mass is 10.1. The minimum Gasteiger partial charge on any atom is -0.497 e. The molecule has 4 aromatic rings. The SMILES string of the molecule is COc1ccc(-n2ncc(Oc3cccc(OC)c3)c(Nc3cccc(C(=O)NCC(C)C)c3)c2=O)cc1. The van der Waals surface area contributed by atoms with E-state index in [4.69, 9.17) is 14.2 Å². The number of amides is 1. The quantitative estimate of drug-likeness (QED) is 0.301. The maximum absolute atomic E-state index is 13.7. The molecule has 0 unspecified atom stereocenters. The van der Waals surface area contributed by atoms with Gasteiger partial charge in [0.25, 0.3) is 11.5 Å². The van der Waals surface area contributed by atoms with Crippen molar-refractivity contribution in [1.29, 1.82) is 0 Å². The zero-order chi connectivity index (χ0) is 27.1. The minimum atomic E-state index is -0.440. The number of rotatable bonds is 10. The van der Waals surface area contributed by atoms with Crippen LogP contribution in [0.2, 0.25) is 0 Å². The van der Waals surface area contributed by atoms with Crippen LogP contribution >= 0.6 is 0 Å². The minimum absolute atomic E-state index is 0.151. The maximum atomic E-state index is 13.7. The fourth-order valence-corrected chi connectivity index (χ4v) is 3.61. The van der Waals surface area contributed by atoms with Crippen molar-refractivity contribution >= 4 is 17.3 Å². The highest BCUT2D eigenvalue weighted by molar-refractivity contribution is 5.95. The Kier molecular flexibility index (Phi) is 8.27. The summed E-state index contributed by atoms with van der Waals surface area (Å²) >= 11 is 0. The van der Waals surface area contributed by atoms with Crippen LogP contribution in [0.25, 0.3) is 5.69 Å². The number of carbonyl (C=O) groups excluding carboxylic acids is 1. The predicted molar refractivity (Wildman–Crippen MR) is 146 cm³/mol. The molecule has 0 spiro atoms. The Balaban J connectivity index is 1.73. The molecule has 1 aromatic heterocycles. The van der Waals surface area contributed by atoms with Gasteiger partial charge in [-0.05, 0) is 60.5 Å². The molecule has 2 N–H and O–H groups in total. The van der Waals surface area contributed by atoms with E-state index in [0.29, 0.717) is 46.6 Å². The van der Waals surface area contributed by atoms with Crippen LogP contribution in [-0.2, 0) is 0 Å². The van der Waals surface area contributed by atoms with Gasteiger partial charge in [0.1, 0.15) is 17.2 Å². The Morgan fingerprint density at radius 1 is 0.921 bits per heavy atom. The van der Waals surface area contributed by atoms with E-state index in [1.165, 1.54) is 10.9 Å². The smallest absolute Gasteiger partial charge is 0.299 e. The number of nitrogens with zero attached hydrogens (tertiary/aromatic N) is 2. The van der Waals surface area contributed by atoms with Crippen LogP contribution in [0.15, 0.2) is 83.8 Å². The van der Waals surface area contributed by atoms with Gasteiger partial charge in [-0.25, -0.2) is 0 Å². The van der Waals surface area contributed by atoms with E-state index in [-0.39, 0.29) is 17.3 Å². The molecule has 0 aliphatic rings. The van der Waals surface area contributed by atoms with E-state index in [9.17, 15) is 9.59 Å². The fraction of sp³-hybridized carbons (Fsp3) is 0.207. The highest BCUT2D eigenvalue weighted by atomic mass is 16.5. The van der Waals surface area contributed by atoms with Crippen molar-refractivity contribution in [2.75, 3.05) is 26.1 Å². The second kappa shape index (κ2) is 12.0. The van der Waals surface area contributed by atoms with Crippen molar-refractivity contribution in [3.63, 3.8) is 0 Å². The highest BCUT2D eigenvalue weighted by Crippen LogP contribution is 2.31. The van der Waals surface area contributed by atoms with Gasteiger partial charge >= 0.3 is 0 Å². The number of carbonyl (C=O) groups is 1. The van der Waals surface area contributed by atoms with Gasteiger partial charge in [-0.15, -0.1) is 0 Å². The molecular formula is C29H30N4O5. The van der Waals surface area contributed by atoms with Crippen molar-refractivity contribution in [3.8, 4) is 28.7 Å². The van der Waals surface area contributed by atoms with Crippen molar-refractivity contribution in [3.05, 3.63) is 94.9 Å². The number of hydrogen-bond donors (Lipinski definition) is 2. The Morgan fingerprint density at radius 2 is 1.63 bits per heavy atom. The first-order valence-corrected chi connectivity index (χ1v) is 12.1. The lowest BCUT2D eigenvalue weighted by Crippen LogP contribution is -2.27. The lowest BCUT2D eigenvalue weighted by molar-refractivity contribution is 0.0949. The molecule has 0 saturated heterocycles. The highest BCUT2D eigenvalue weighted by Gasteiger charge is 2.17. The number of aromatic nitrogens is 2. The van der Waals surface area contributed by atoms with E-state index in [1.807, 2.05) is 13.8 Å². The molecule has 0 atom stereocenters. The van der Waals surface area contributed by atoms with Crippen molar-refractivity contribution < 1.29 is 19.0 Å². The topological polar surface area (TPSA) is 104 Å². The van der Waals surface area contributed by atoms with Crippen LogP contribution in [-0.4, -0.2) is 36.5 Å². The molecule has 1 heterocycles. The molecule has 0 aliphatic carbocycles.